The molecule has 9 heteroatoms. The molecule has 5 rings (SSSR count). The molecular formula is C20H24N6O2S. The SMILES string of the molecule is O[C@H](c1nccs1)[C@H]1CCCN(c2nnnc3cc(N4CCOCC4)ccc23)C1. The summed E-state index contributed by atoms with van der Waals surface area (Å²) in [6, 6.07) is 6.31. The Morgan fingerprint density at radius 2 is 2.03 bits per heavy atom. The highest BCUT2D eigenvalue weighted by Crippen LogP contribution is 2.34. The number of fused-ring (bicyclic) bond motifs is 1. The predicted molar refractivity (Wildman–Crippen MR) is 112 cm³/mol. The minimum atomic E-state index is -0.535. The number of nitrogens with zero attached hydrogens (tertiary/aromatic N) is 6. The van der Waals surface area contributed by atoms with Crippen molar-refractivity contribution in [1.29, 1.82) is 0 Å². The van der Waals surface area contributed by atoms with Crippen LogP contribution in [0.2, 0.25) is 0 Å². The standard InChI is InChI=1S/C20H24N6O2S/c27-18(20-21-5-11-29-20)14-2-1-6-26(13-14)19-16-4-3-15(12-17(16)22-24-23-19)25-7-9-28-10-8-25/h3-5,11-12,14,18,27H,1-2,6-10,13H2/t14-,18-/m0/s1. The normalized spacial score (nSPS) is 21.5. The number of ether oxygens (including phenoxy) is 1. The molecule has 8 nitrogen and oxygen atoms in total. The summed E-state index contributed by atoms with van der Waals surface area (Å²) in [5.41, 5.74) is 1.99. The van der Waals surface area contributed by atoms with Crippen LogP contribution in [0.5, 0.6) is 0 Å². The molecule has 1 aromatic carbocycles. The van der Waals surface area contributed by atoms with Gasteiger partial charge < -0.3 is 19.6 Å². The number of thiazole rings is 1. The fourth-order valence-corrected chi connectivity index (χ4v) is 4.97. The van der Waals surface area contributed by atoms with Crippen molar-refractivity contribution in [2.45, 2.75) is 18.9 Å². The molecule has 0 aliphatic carbocycles. The summed E-state index contributed by atoms with van der Waals surface area (Å²) in [4.78, 5) is 8.84. The van der Waals surface area contributed by atoms with Gasteiger partial charge in [-0.15, -0.1) is 21.5 Å². The van der Waals surface area contributed by atoms with Crippen molar-refractivity contribution in [1.82, 2.24) is 20.4 Å². The van der Waals surface area contributed by atoms with Gasteiger partial charge in [0.1, 0.15) is 16.6 Å². The summed E-state index contributed by atoms with van der Waals surface area (Å²) in [5.74, 6) is 0.979. The van der Waals surface area contributed by atoms with Crippen molar-refractivity contribution in [3.8, 4) is 0 Å². The molecule has 3 aromatic rings. The third-order valence-corrected chi connectivity index (χ3v) is 6.64. The summed E-state index contributed by atoms with van der Waals surface area (Å²) in [7, 11) is 0. The minimum Gasteiger partial charge on any atom is -0.386 e. The highest BCUT2D eigenvalue weighted by Gasteiger charge is 2.30. The van der Waals surface area contributed by atoms with E-state index in [2.05, 4.69) is 48.4 Å². The molecule has 0 spiro atoms. The zero-order valence-electron chi connectivity index (χ0n) is 16.1. The van der Waals surface area contributed by atoms with Gasteiger partial charge in [-0.3, -0.25) is 0 Å². The first-order chi connectivity index (χ1) is 14.3. The average Bonchev–Trinajstić information content (AvgIpc) is 3.33. The first kappa shape index (κ1) is 18.7. The van der Waals surface area contributed by atoms with Crippen LogP contribution < -0.4 is 9.80 Å². The van der Waals surface area contributed by atoms with E-state index in [-0.39, 0.29) is 5.92 Å². The van der Waals surface area contributed by atoms with Crippen molar-refractivity contribution in [2.75, 3.05) is 49.2 Å². The van der Waals surface area contributed by atoms with Crippen LogP contribution in [0.1, 0.15) is 24.0 Å². The Hall–Kier alpha value is -2.36. The summed E-state index contributed by atoms with van der Waals surface area (Å²) in [5, 5.41) is 27.1. The van der Waals surface area contributed by atoms with Crippen LogP contribution in [-0.4, -0.2) is 64.9 Å². The summed E-state index contributed by atoms with van der Waals surface area (Å²) < 4.78 is 5.45. The Labute approximate surface area is 173 Å². The van der Waals surface area contributed by atoms with Crippen molar-refractivity contribution in [3.63, 3.8) is 0 Å². The van der Waals surface area contributed by atoms with Crippen LogP contribution in [0.25, 0.3) is 10.9 Å². The Morgan fingerprint density at radius 3 is 2.86 bits per heavy atom. The Bertz CT molecular complexity index is 963. The third-order valence-electron chi connectivity index (χ3n) is 5.80. The zero-order chi connectivity index (χ0) is 19.6. The molecule has 2 aliphatic rings. The second-order valence-electron chi connectivity index (χ2n) is 7.58. The molecule has 2 fully saturated rings. The Balaban J connectivity index is 1.40. The lowest BCUT2D eigenvalue weighted by atomic mass is 9.92. The van der Waals surface area contributed by atoms with E-state index in [4.69, 9.17) is 4.74 Å². The molecule has 2 aliphatic heterocycles. The number of benzene rings is 1. The number of anilines is 2. The number of piperidine rings is 1. The monoisotopic (exact) mass is 412 g/mol. The first-order valence-corrected chi connectivity index (χ1v) is 11.0. The molecule has 152 valence electrons. The second-order valence-corrected chi connectivity index (χ2v) is 8.50. The molecule has 2 atom stereocenters. The maximum absolute atomic E-state index is 10.7. The third kappa shape index (κ3) is 3.77. The quantitative estimate of drug-likeness (QED) is 0.698. The van der Waals surface area contributed by atoms with Gasteiger partial charge in [-0.05, 0) is 36.3 Å². The summed E-state index contributed by atoms with van der Waals surface area (Å²) >= 11 is 1.51. The van der Waals surface area contributed by atoms with Crippen LogP contribution in [-0.2, 0) is 4.74 Å². The molecule has 2 saturated heterocycles. The molecule has 1 N–H and O–H groups in total. The summed E-state index contributed by atoms with van der Waals surface area (Å²) in [6.45, 7) is 4.92. The van der Waals surface area contributed by atoms with Gasteiger partial charge in [-0.2, -0.15) is 0 Å². The molecule has 0 saturated carbocycles. The van der Waals surface area contributed by atoms with E-state index in [1.54, 1.807) is 6.20 Å². The van der Waals surface area contributed by atoms with E-state index in [1.807, 2.05) is 5.38 Å². The lowest BCUT2D eigenvalue weighted by Crippen LogP contribution is -2.38. The lowest BCUT2D eigenvalue weighted by Gasteiger charge is -2.35. The number of morpholine rings is 1. The first-order valence-electron chi connectivity index (χ1n) is 10.1. The van der Waals surface area contributed by atoms with Gasteiger partial charge in [0, 0.05) is 54.7 Å². The van der Waals surface area contributed by atoms with E-state index >= 15 is 0 Å². The zero-order valence-corrected chi connectivity index (χ0v) is 17.0. The van der Waals surface area contributed by atoms with Crippen LogP contribution in [0.15, 0.2) is 29.8 Å². The van der Waals surface area contributed by atoms with Gasteiger partial charge in [0.2, 0.25) is 0 Å². The van der Waals surface area contributed by atoms with Gasteiger partial charge in [-0.25, -0.2) is 4.98 Å². The highest BCUT2D eigenvalue weighted by atomic mass is 32.1. The summed E-state index contributed by atoms with van der Waals surface area (Å²) in [6.07, 6.45) is 3.20. The van der Waals surface area contributed by atoms with Gasteiger partial charge in [0.15, 0.2) is 5.82 Å². The number of aromatic nitrogens is 4. The maximum atomic E-state index is 10.7. The van der Waals surface area contributed by atoms with E-state index in [0.29, 0.717) is 0 Å². The van der Waals surface area contributed by atoms with Crippen LogP contribution >= 0.6 is 11.3 Å². The molecule has 2 aromatic heterocycles. The molecular weight excluding hydrogens is 388 g/mol. The molecule has 0 unspecified atom stereocenters. The van der Waals surface area contributed by atoms with Crippen molar-refractivity contribution in [3.05, 3.63) is 34.8 Å². The topological polar surface area (TPSA) is 87.5 Å². The fraction of sp³-hybridized carbons (Fsp3) is 0.500. The van der Waals surface area contributed by atoms with Gasteiger partial charge in [0.25, 0.3) is 0 Å². The van der Waals surface area contributed by atoms with Crippen LogP contribution in [0, 0.1) is 5.92 Å². The fourth-order valence-electron chi connectivity index (χ4n) is 4.25. The molecule has 0 amide bonds. The van der Waals surface area contributed by atoms with Gasteiger partial charge >= 0.3 is 0 Å². The van der Waals surface area contributed by atoms with Crippen LogP contribution in [0.3, 0.4) is 0 Å². The lowest BCUT2D eigenvalue weighted by molar-refractivity contribution is 0.0977. The molecule has 0 bridgehead atoms. The average molecular weight is 413 g/mol. The van der Waals surface area contributed by atoms with Crippen molar-refractivity contribution < 1.29 is 9.84 Å². The van der Waals surface area contributed by atoms with Crippen molar-refractivity contribution >= 4 is 33.7 Å². The number of rotatable bonds is 4. The largest absolute Gasteiger partial charge is 0.386 e. The maximum Gasteiger partial charge on any atom is 0.162 e. The number of hydrogen-bond acceptors (Lipinski definition) is 9. The number of aliphatic hydroxyl groups excluding tert-OH is 1. The van der Waals surface area contributed by atoms with E-state index in [1.165, 1.54) is 11.3 Å². The molecule has 29 heavy (non-hydrogen) atoms. The smallest absolute Gasteiger partial charge is 0.162 e. The Kier molecular flexibility index (Phi) is 5.26. The predicted octanol–water partition coefficient (Wildman–Crippen LogP) is 2.27. The number of hydrogen-bond donors (Lipinski definition) is 1. The van der Waals surface area contributed by atoms with Gasteiger partial charge in [-0.1, -0.05) is 0 Å². The van der Waals surface area contributed by atoms with Gasteiger partial charge in [0.05, 0.1) is 13.2 Å². The highest BCUT2D eigenvalue weighted by molar-refractivity contribution is 7.09. The van der Waals surface area contributed by atoms with E-state index in [0.717, 1.165) is 79.7 Å². The van der Waals surface area contributed by atoms with Crippen LogP contribution in [0.4, 0.5) is 11.5 Å². The Morgan fingerprint density at radius 1 is 1.14 bits per heavy atom. The number of aliphatic hydroxyl groups is 1. The molecule has 4 heterocycles. The van der Waals surface area contributed by atoms with Crippen molar-refractivity contribution in [2.24, 2.45) is 5.92 Å². The van der Waals surface area contributed by atoms with E-state index < -0.39 is 6.10 Å². The molecule has 0 radical (unpaired) electrons. The second kappa shape index (κ2) is 8.17. The minimum absolute atomic E-state index is 0.132. The van der Waals surface area contributed by atoms with E-state index in [9.17, 15) is 5.11 Å².